The lowest BCUT2D eigenvalue weighted by molar-refractivity contribution is -0.141. The summed E-state index contributed by atoms with van der Waals surface area (Å²) < 4.78 is 0. The minimum atomic E-state index is 0.0657. The molecule has 1 aliphatic carbocycles. The summed E-state index contributed by atoms with van der Waals surface area (Å²) in [5.74, 6) is 0.249. The largest absolute Gasteiger partial charge is 0.326 e. The number of hydrogen-bond acceptors (Lipinski definition) is 3. The molecular formula is C11H21N3O. The van der Waals surface area contributed by atoms with Crippen LogP contribution >= 0.6 is 0 Å². The Hall–Kier alpha value is -0.610. The van der Waals surface area contributed by atoms with Crippen LogP contribution in [0.1, 0.15) is 39.0 Å². The van der Waals surface area contributed by atoms with Crippen LogP contribution in [0.15, 0.2) is 0 Å². The first-order valence-electron chi connectivity index (χ1n) is 6.01. The smallest absolute Gasteiger partial charge is 0.238 e. The number of amides is 1. The average Bonchev–Trinajstić information content (AvgIpc) is 2.76. The average molecular weight is 211 g/mol. The van der Waals surface area contributed by atoms with Crippen molar-refractivity contribution in [1.82, 2.24) is 10.0 Å². The zero-order chi connectivity index (χ0) is 10.8. The summed E-state index contributed by atoms with van der Waals surface area (Å²) in [5.41, 5.74) is 5.77. The Morgan fingerprint density at radius 2 is 2.13 bits per heavy atom. The second-order valence-electron chi connectivity index (χ2n) is 4.80. The van der Waals surface area contributed by atoms with E-state index in [9.17, 15) is 4.79 Å². The maximum absolute atomic E-state index is 11.7. The van der Waals surface area contributed by atoms with Gasteiger partial charge in [-0.15, -0.1) is 0 Å². The first-order valence-corrected chi connectivity index (χ1v) is 6.01. The summed E-state index contributed by atoms with van der Waals surface area (Å²) in [6.45, 7) is 3.53. The fourth-order valence-corrected chi connectivity index (χ4v) is 2.66. The van der Waals surface area contributed by atoms with E-state index in [1.54, 1.807) is 0 Å². The predicted octanol–water partition coefficient (Wildman–Crippen LogP) is 0.725. The van der Waals surface area contributed by atoms with Crippen molar-refractivity contribution in [2.75, 3.05) is 13.1 Å². The standard InChI is InChI=1S/C11H21N3O/c1-9(12)8-14-11(15)6-7-13(14)10-4-2-3-5-10/h9-10H,2-8,12H2,1H3. The third-order valence-electron chi connectivity index (χ3n) is 3.36. The summed E-state index contributed by atoms with van der Waals surface area (Å²) in [6.07, 6.45) is 5.76. The van der Waals surface area contributed by atoms with Gasteiger partial charge in [0.05, 0.1) is 6.54 Å². The summed E-state index contributed by atoms with van der Waals surface area (Å²) >= 11 is 0. The number of hydrogen-bond donors (Lipinski definition) is 1. The van der Waals surface area contributed by atoms with Crippen molar-refractivity contribution in [2.24, 2.45) is 5.73 Å². The van der Waals surface area contributed by atoms with Gasteiger partial charge in [-0.3, -0.25) is 9.80 Å². The lowest BCUT2D eigenvalue weighted by Gasteiger charge is -2.33. The molecule has 1 saturated heterocycles. The molecule has 1 unspecified atom stereocenters. The van der Waals surface area contributed by atoms with Crippen LogP contribution in [0.3, 0.4) is 0 Å². The van der Waals surface area contributed by atoms with Gasteiger partial charge in [-0.2, -0.15) is 0 Å². The number of hydrazine groups is 1. The third-order valence-corrected chi connectivity index (χ3v) is 3.36. The highest BCUT2D eigenvalue weighted by molar-refractivity contribution is 5.77. The van der Waals surface area contributed by atoms with Gasteiger partial charge in [0.15, 0.2) is 0 Å². The van der Waals surface area contributed by atoms with Crippen LogP contribution in [0.4, 0.5) is 0 Å². The van der Waals surface area contributed by atoms with Gasteiger partial charge >= 0.3 is 0 Å². The molecule has 0 spiro atoms. The molecule has 0 aromatic rings. The minimum Gasteiger partial charge on any atom is -0.326 e. The van der Waals surface area contributed by atoms with Crippen molar-refractivity contribution in [3.63, 3.8) is 0 Å². The first kappa shape index (κ1) is 10.9. The second-order valence-corrected chi connectivity index (χ2v) is 4.80. The predicted molar refractivity (Wildman–Crippen MR) is 58.9 cm³/mol. The number of rotatable bonds is 3. The minimum absolute atomic E-state index is 0.0657. The highest BCUT2D eigenvalue weighted by Crippen LogP contribution is 2.27. The SMILES string of the molecule is CC(N)CN1C(=O)CCN1C1CCCC1. The van der Waals surface area contributed by atoms with E-state index < -0.39 is 0 Å². The maximum atomic E-state index is 11.7. The summed E-state index contributed by atoms with van der Waals surface area (Å²) in [5, 5.41) is 4.15. The zero-order valence-electron chi connectivity index (χ0n) is 9.48. The van der Waals surface area contributed by atoms with Crippen LogP contribution in [0.2, 0.25) is 0 Å². The van der Waals surface area contributed by atoms with Crippen molar-refractivity contribution >= 4 is 5.91 Å². The Balaban J connectivity index is 1.99. The number of nitrogens with zero attached hydrogens (tertiary/aromatic N) is 2. The third kappa shape index (κ3) is 2.32. The van der Waals surface area contributed by atoms with Gasteiger partial charge in [0.25, 0.3) is 0 Å². The molecule has 4 nitrogen and oxygen atoms in total. The molecule has 4 heteroatoms. The fourth-order valence-electron chi connectivity index (χ4n) is 2.66. The number of carbonyl (C=O) groups is 1. The van der Waals surface area contributed by atoms with Crippen LogP contribution in [-0.4, -0.2) is 41.1 Å². The van der Waals surface area contributed by atoms with Gasteiger partial charge in [-0.25, -0.2) is 5.01 Å². The number of carbonyl (C=O) groups excluding carboxylic acids is 1. The van der Waals surface area contributed by atoms with Crippen molar-refractivity contribution in [3.05, 3.63) is 0 Å². The Kier molecular flexibility index (Phi) is 3.26. The van der Waals surface area contributed by atoms with Gasteiger partial charge < -0.3 is 5.73 Å². The second kappa shape index (κ2) is 4.49. The molecule has 0 aromatic carbocycles. The van der Waals surface area contributed by atoms with Crippen molar-refractivity contribution in [3.8, 4) is 0 Å². The molecule has 0 bridgehead atoms. The summed E-state index contributed by atoms with van der Waals surface area (Å²) in [4.78, 5) is 11.7. The maximum Gasteiger partial charge on any atom is 0.238 e. The molecule has 1 aliphatic heterocycles. The molecule has 86 valence electrons. The van der Waals surface area contributed by atoms with Gasteiger partial charge in [0.1, 0.15) is 0 Å². The Bertz CT molecular complexity index is 236. The van der Waals surface area contributed by atoms with E-state index in [1.807, 2.05) is 11.9 Å². The highest BCUT2D eigenvalue weighted by Gasteiger charge is 2.35. The van der Waals surface area contributed by atoms with Crippen LogP contribution in [0, 0.1) is 0 Å². The monoisotopic (exact) mass is 211 g/mol. The van der Waals surface area contributed by atoms with E-state index in [4.69, 9.17) is 5.73 Å². The fraction of sp³-hybridized carbons (Fsp3) is 0.909. The molecule has 0 aromatic heterocycles. The number of nitrogens with two attached hydrogens (primary N) is 1. The lowest BCUT2D eigenvalue weighted by Crippen LogP contribution is -2.48. The van der Waals surface area contributed by atoms with Crippen molar-refractivity contribution in [1.29, 1.82) is 0 Å². The van der Waals surface area contributed by atoms with Crippen LogP contribution in [0.25, 0.3) is 0 Å². The van der Waals surface area contributed by atoms with Crippen LogP contribution in [-0.2, 0) is 4.79 Å². The molecule has 0 radical (unpaired) electrons. The molecule has 1 saturated carbocycles. The molecule has 1 atom stereocenters. The lowest BCUT2D eigenvalue weighted by atomic mass is 10.2. The summed E-state index contributed by atoms with van der Waals surface area (Å²) in [6, 6.07) is 0.658. The Labute approximate surface area is 91.4 Å². The molecule has 2 aliphatic rings. The first-order chi connectivity index (χ1) is 7.18. The molecular weight excluding hydrogens is 190 g/mol. The molecule has 2 rings (SSSR count). The van der Waals surface area contributed by atoms with E-state index >= 15 is 0 Å². The van der Waals surface area contributed by atoms with E-state index in [-0.39, 0.29) is 11.9 Å². The molecule has 2 fully saturated rings. The van der Waals surface area contributed by atoms with Gasteiger partial charge in [-0.05, 0) is 19.8 Å². The molecule has 15 heavy (non-hydrogen) atoms. The highest BCUT2D eigenvalue weighted by atomic mass is 16.2. The molecule has 2 N–H and O–H groups in total. The Morgan fingerprint density at radius 1 is 1.47 bits per heavy atom. The summed E-state index contributed by atoms with van der Waals surface area (Å²) in [7, 11) is 0. The molecule has 1 amide bonds. The van der Waals surface area contributed by atoms with Gasteiger partial charge in [0, 0.05) is 25.0 Å². The van der Waals surface area contributed by atoms with Crippen LogP contribution < -0.4 is 5.73 Å². The van der Waals surface area contributed by atoms with E-state index in [0.717, 1.165) is 6.54 Å². The quantitative estimate of drug-likeness (QED) is 0.748. The normalized spacial score (nSPS) is 26.5. The van der Waals surface area contributed by atoms with E-state index in [1.165, 1.54) is 25.7 Å². The van der Waals surface area contributed by atoms with Crippen molar-refractivity contribution < 1.29 is 4.79 Å². The Morgan fingerprint density at radius 3 is 2.73 bits per heavy atom. The van der Waals surface area contributed by atoms with Crippen LogP contribution in [0.5, 0.6) is 0 Å². The van der Waals surface area contributed by atoms with Crippen molar-refractivity contribution in [2.45, 2.75) is 51.1 Å². The van der Waals surface area contributed by atoms with Gasteiger partial charge in [-0.1, -0.05) is 12.8 Å². The topological polar surface area (TPSA) is 49.6 Å². The van der Waals surface area contributed by atoms with E-state index in [0.29, 0.717) is 19.0 Å². The zero-order valence-corrected chi connectivity index (χ0v) is 9.48. The molecule has 1 heterocycles. The van der Waals surface area contributed by atoms with E-state index in [2.05, 4.69) is 5.01 Å². The van der Waals surface area contributed by atoms with Gasteiger partial charge in [0.2, 0.25) is 5.91 Å².